The molecular formula is C5H6Cl2N2. The van der Waals surface area contributed by atoms with Crippen molar-refractivity contribution in [2.24, 2.45) is 10.2 Å². The Hall–Kier alpha value is -0.0800. The minimum atomic E-state index is -0.183. The molecule has 0 saturated carbocycles. The normalized spacial score (nSPS) is 26.0. The highest BCUT2D eigenvalue weighted by atomic mass is 35.5. The lowest BCUT2D eigenvalue weighted by molar-refractivity contribution is 0.798. The number of halogens is 2. The molecule has 4 heteroatoms. The van der Waals surface area contributed by atoms with Gasteiger partial charge in [-0.1, -0.05) is 17.7 Å². The maximum atomic E-state index is 5.59. The van der Waals surface area contributed by atoms with Crippen molar-refractivity contribution >= 4 is 23.2 Å². The molecule has 50 valence electrons. The summed E-state index contributed by atoms with van der Waals surface area (Å²) in [7, 11) is 0. The van der Waals surface area contributed by atoms with E-state index in [-0.39, 0.29) is 5.50 Å². The van der Waals surface area contributed by atoms with Crippen LogP contribution in [0.3, 0.4) is 0 Å². The second-order valence-corrected chi connectivity index (χ2v) is 2.49. The molecule has 1 rings (SSSR count). The van der Waals surface area contributed by atoms with Gasteiger partial charge in [-0.2, -0.15) is 10.2 Å². The molecule has 0 N–H and O–H groups in total. The molecule has 0 aromatic rings. The predicted molar refractivity (Wildman–Crippen MR) is 37.9 cm³/mol. The van der Waals surface area contributed by atoms with E-state index in [1.54, 1.807) is 0 Å². The summed E-state index contributed by atoms with van der Waals surface area (Å²) in [5.74, 6) is 0.424. The minimum absolute atomic E-state index is 0.183. The molecule has 0 aliphatic carbocycles. The average Bonchev–Trinajstić information content (AvgIpc) is 1.90. The van der Waals surface area contributed by atoms with Crippen LogP contribution in [0.5, 0.6) is 0 Å². The summed E-state index contributed by atoms with van der Waals surface area (Å²) in [6.07, 6.45) is 2.64. The Labute approximate surface area is 63.6 Å². The summed E-state index contributed by atoms with van der Waals surface area (Å²) in [5, 5.41) is 7.47. The zero-order valence-electron chi connectivity index (χ0n) is 4.72. The van der Waals surface area contributed by atoms with E-state index in [0.29, 0.717) is 5.88 Å². The zero-order valence-corrected chi connectivity index (χ0v) is 6.23. The molecule has 0 radical (unpaired) electrons. The fourth-order valence-electron chi connectivity index (χ4n) is 0.539. The molecule has 9 heavy (non-hydrogen) atoms. The summed E-state index contributed by atoms with van der Waals surface area (Å²) >= 11 is 11.1. The SMILES string of the molecule is ClCC1=CCC(Cl)N=N1. The van der Waals surface area contributed by atoms with Crippen molar-refractivity contribution in [3.8, 4) is 0 Å². The molecule has 0 spiro atoms. The second kappa shape index (κ2) is 3.18. The fourth-order valence-corrected chi connectivity index (χ4v) is 0.835. The highest BCUT2D eigenvalue weighted by molar-refractivity contribution is 6.20. The van der Waals surface area contributed by atoms with Crippen LogP contribution in [0, 0.1) is 0 Å². The van der Waals surface area contributed by atoms with E-state index >= 15 is 0 Å². The van der Waals surface area contributed by atoms with Crippen LogP contribution in [-0.4, -0.2) is 11.4 Å². The first-order valence-electron chi connectivity index (χ1n) is 2.63. The Morgan fingerprint density at radius 1 is 1.78 bits per heavy atom. The number of rotatable bonds is 1. The van der Waals surface area contributed by atoms with Crippen LogP contribution < -0.4 is 0 Å². The molecule has 0 bridgehead atoms. The largest absolute Gasteiger partial charge is 0.169 e. The van der Waals surface area contributed by atoms with Crippen molar-refractivity contribution in [2.75, 3.05) is 5.88 Å². The third-order valence-electron chi connectivity index (χ3n) is 0.996. The number of alkyl halides is 2. The smallest absolute Gasteiger partial charge is 0.148 e. The predicted octanol–water partition coefficient (Wildman–Crippen LogP) is 2.53. The molecule has 0 aromatic carbocycles. The van der Waals surface area contributed by atoms with Crippen LogP contribution in [0.25, 0.3) is 0 Å². The van der Waals surface area contributed by atoms with E-state index < -0.39 is 0 Å². The number of nitrogens with zero attached hydrogens (tertiary/aromatic N) is 2. The van der Waals surface area contributed by atoms with E-state index in [0.717, 1.165) is 12.1 Å². The lowest BCUT2D eigenvalue weighted by Crippen LogP contribution is -1.96. The first kappa shape index (κ1) is 7.03. The standard InChI is InChI=1S/C5H6Cl2N2/c6-3-4-1-2-5(7)9-8-4/h1,5H,2-3H2. The van der Waals surface area contributed by atoms with Crippen LogP contribution in [0.1, 0.15) is 6.42 Å². The average molecular weight is 165 g/mol. The molecule has 1 atom stereocenters. The van der Waals surface area contributed by atoms with E-state index in [4.69, 9.17) is 23.2 Å². The fraction of sp³-hybridized carbons (Fsp3) is 0.600. The van der Waals surface area contributed by atoms with Gasteiger partial charge in [0.1, 0.15) is 5.50 Å². The van der Waals surface area contributed by atoms with Crippen LogP contribution >= 0.6 is 23.2 Å². The van der Waals surface area contributed by atoms with Crippen molar-refractivity contribution in [3.63, 3.8) is 0 Å². The van der Waals surface area contributed by atoms with Gasteiger partial charge in [0.2, 0.25) is 0 Å². The van der Waals surface area contributed by atoms with Gasteiger partial charge in [-0.15, -0.1) is 11.6 Å². The third kappa shape index (κ3) is 1.95. The van der Waals surface area contributed by atoms with Gasteiger partial charge in [-0.05, 0) is 0 Å². The third-order valence-corrected chi connectivity index (χ3v) is 1.54. The zero-order chi connectivity index (χ0) is 6.69. The molecule has 1 aliphatic heterocycles. The van der Waals surface area contributed by atoms with E-state index in [9.17, 15) is 0 Å². The maximum absolute atomic E-state index is 5.59. The van der Waals surface area contributed by atoms with Gasteiger partial charge >= 0.3 is 0 Å². The molecule has 1 aliphatic rings. The van der Waals surface area contributed by atoms with Gasteiger partial charge in [-0.3, -0.25) is 0 Å². The molecule has 1 heterocycles. The van der Waals surface area contributed by atoms with E-state index in [1.807, 2.05) is 6.08 Å². The van der Waals surface area contributed by atoms with Gasteiger partial charge in [0.25, 0.3) is 0 Å². The number of hydrogen-bond donors (Lipinski definition) is 0. The second-order valence-electron chi connectivity index (χ2n) is 1.71. The molecule has 0 saturated heterocycles. The van der Waals surface area contributed by atoms with Crippen molar-refractivity contribution < 1.29 is 0 Å². The lowest BCUT2D eigenvalue weighted by atomic mass is 10.3. The molecule has 0 fully saturated rings. The van der Waals surface area contributed by atoms with Gasteiger partial charge in [0.05, 0.1) is 11.6 Å². The van der Waals surface area contributed by atoms with E-state index in [1.165, 1.54) is 0 Å². The first-order chi connectivity index (χ1) is 4.33. The topological polar surface area (TPSA) is 24.7 Å². The summed E-state index contributed by atoms with van der Waals surface area (Å²) in [4.78, 5) is 0. The number of hydrogen-bond acceptors (Lipinski definition) is 2. The Bertz CT molecular complexity index is 153. The molecule has 0 amide bonds. The van der Waals surface area contributed by atoms with Crippen molar-refractivity contribution in [2.45, 2.75) is 11.9 Å². The first-order valence-corrected chi connectivity index (χ1v) is 3.60. The van der Waals surface area contributed by atoms with Crippen LogP contribution in [0.4, 0.5) is 0 Å². The number of allylic oxidation sites excluding steroid dienone is 1. The summed E-state index contributed by atoms with van der Waals surface area (Å²) in [6.45, 7) is 0. The molecule has 1 unspecified atom stereocenters. The highest BCUT2D eigenvalue weighted by Crippen LogP contribution is 2.15. The molecule has 2 nitrogen and oxygen atoms in total. The summed E-state index contributed by atoms with van der Waals surface area (Å²) < 4.78 is 0. The summed E-state index contributed by atoms with van der Waals surface area (Å²) in [5.41, 5.74) is 0.630. The van der Waals surface area contributed by atoms with Crippen LogP contribution in [0.15, 0.2) is 22.0 Å². The molecule has 0 aromatic heterocycles. The Morgan fingerprint density at radius 3 is 3.00 bits per heavy atom. The van der Waals surface area contributed by atoms with Crippen LogP contribution in [0.2, 0.25) is 0 Å². The summed E-state index contributed by atoms with van der Waals surface area (Å²) in [6, 6.07) is 0. The van der Waals surface area contributed by atoms with Gasteiger partial charge < -0.3 is 0 Å². The highest BCUT2D eigenvalue weighted by Gasteiger charge is 2.05. The Morgan fingerprint density at radius 2 is 2.56 bits per heavy atom. The monoisotopic (exact) mass is 164 g/mol. The minimum Gasteiger partial charge on any atom is -0.169 e. The van der Waals surface area contributed by atoms with Gasteiger partial charge in [-0.25, -0.2) is 0 Å². The maximum Gasteiger partial charge on any atom is 0.148 e. The van der Waals surface area contributed by atoms with Crippen molar-refractivity contribution in [3.05, 3.63) is 11.8 Å². The van der Waals surface area contributed by atoms with Crippen molar-refractivity contribution in [1.29, 1.82) is 0 Å². The lowest BCUT2D eigenvalue weighted by Gasteiger charge is -2.04. The van der Waals surface area contributed by atoms with Gasteiger partial charge in [0, 0.05) is 6.42 Å². The van der Waals surface area contributed by atoms with E-state index in [2.05, 4.69) is 10.2 Å². The van der Waals surface area contributed by atoms with Crippen LogP contribution in [-0.2, 0) is 0 Å². The quantitative estimate of drug-likeness (QED) is 0.421. The van der Waals surface area contributed by atoms with Gasteiger partial charge in [0.15, 0.2) is 0 Å². The van der Waals surface area contributed by atoms with Crippen molar-refractivity contribution in [1.82, 2.24) is 0 Å². The Balaban J connectivity index is 2.52. The number of azo groups is 1. The molecular weight excluding hydrogens is 159 g/mol. The Kier molecular flexibility index (Phi) is 2.49.